The van der Waals surface area contributed by atoms with E-state index >= 15 is 0 Å². The predicted molar refractivity (Wildman–Crippen MR) is 79.7 cm³/mol. The lowest BCUT2D eigenvalue weighted by atomic mass is 10.1. The molecule has 19 heavy (non-hydrogen) atoms. The molecule has 0 unspecified atom stereocenters. The monoisotopic (exact) mass is 319 g/mol. The fraction of sp³-hybridized carbons (Fsp3) is 0.133. The SMILES string of the molecule is Cc1ccc(O)c(C(=O)Nc2cc(Br)ccc2C)c1. The molecule has 0 spiro atoms. The summed E-state index contributed by atoms with van der Waals surface area (Å²) in [5.74, 6) is -0.335. The molecule has 2 rings (SSSR count). The van der Waals surface area contributed by atoms with Gasteiger partial charge in [0.25, 0.3) is 5.91 Å². The summed E-state index contributed by atoms with van der Waals surface area (Å²) in [5, 5.41) is 12.5. The maximum Gasteiger partial charge on any atom is 0.259 e. The van der Waals surface area contributed by atoms with Crippen LogP contribution in [0.15, 0.2) is 40.9 Å². The molecule has 0 fully saturated rings. The number of phenols is 1. The number of rotatable bonds is 2. The standard InChI is InChI=1S/C15H14BrNO2/c1-9-3-6-14(18)12(7-9)15(19)17-13-8-11(16)5-4-10(13)2/h3-8,18H,1-2H3,(H,17,19). The summed E-state index contributed by atoms with van der Waals surface area (Å²) in [6.07, 6.45) is 0. The van der Waals surface area contributed by atoms with Crippen molar-refractivity contribution in [3.63, 3.8) is 0 Å². The number of anilines is 1. The molecule has 4 heteroatoms. The van der Waals surface area contributed by atoms with Crippen LogP contribution in [0.25, 0.3) is 0 Å². The molecule has 0 saturated heterocycles. The zero-order chi connectivity index (χ0) is 14.0. The summed E-state index contributed by atoms with van der Waals surface area (Å²) in [4.78, 5) is 12.2. The Hall–Kier alpha value is -1.81. The van der Waals surface area contributed by atoms with Crippen LogP contribution in [0.3, 0.4) is 0 Å². The largest absolute Gasteiger partial charge is 0.507 e. The first-order valence-electron chi connectivity index (χ1n) is 5.84. The number of carbonyl (C=O) groups excluding carboxylic acids is 1. The zero-order valence-electron chi connectivity index (χ0n) is 10.7. The van der Waals surface area contributed by atoms with E-state index < -0.39 is 0 Å². The van der Waals surface area contributed by atoms with Crippen LogP contribution in [0, 0.1) is 13.8 Å². The third kappa shape index (κ3) is 3.15. The van der Waals surface area contributed by atoms with Crippen molar-refractivity contribution < 1.29 is 9.90 Å². The van der Waals surface area contributed by atoms with Crippen molar-refractivity contribution in [2.45, 2.75) is 13.8 Å². The average molecular weight is 320 g/mol. The van der Waals surface area contributed by atoms with E-state index in [4.69, 9.17) is 0 Å². The minimum absolute atomic E-state index is 0.0178. The van der Waals surface area contributed by atoms with Gasteiger partial charge in [-0.3, -0.25) is 4.79 Å². The van der Waals surface area contributed by atoms with E-state index in [-0.39, 0.29) is 17.2 Å². The number of phenolic OH excluding ortho intramolecular Hbond substituents is 1. The molecule has 0 heterocycles. The molecule has 0 atom stereocenters. The first kappa shape index (κ1) is 13.6. The highest BCUT2D eigenvalue weighted by atomic mass is 79.9. The Morgan fingerprint density at radius 1 is 1.16 bits per heavy atom. The first-order valence-corrected chi connectivity index (χ1v) is 6.64. The summed E-state index contributed by atoms with van der Waals surface area (Å²) >= 11 is 3.37. The van der Waals surface area contributed by atoms with Crippen LogP contribution >= 0.6 is 15.9 Å². The Kier molecular flexibility index (Phi) is 3.90. The predicted octanol–water partition coefficient (Wildman–Crippen LogP) is 4.02. The van der Waals surface area contributed by atoms with Gasteiger partial charge in [0.1, 0.15) is 5.75 Å². The molecule has 0 saturated carbocycles. The Morgan fingerprint density at radius 3 is 2.63 bits per heavy atom. The van der Waals surface area contributed by atoms with E-state index in [9.17, 15) is 9.90 Å². The Labute approximate surface area is 120 Å². The molecular formula is C15H14BrNO2. The molecule has 0 aliphatic rings. The second-order valence-electron chi connectivity index (χ2n) is 4.43. The highest BCUT2D eigenvalue weighted by Gasteiger charge is 2.12. The van der Waals surface area contributed by atoms with Gasteiger partial charge in [-0.25, -0.2) is 0 Å². The van der Waals surface area contributed by atoms with Gasteiger partial charge in [-0.2, -0.15) is 0 Å². The molecular weight excluding hydrogens is 306 g/mol. The van der Waals surface area contributed by atoms with Crippen molar-refractivity contribution >= 4 is 27.5 Å². The van der Waals surface area contributed by atoms with Crippen molar-refractivity contribution in [2.24, 2.45) is 0 Å². The number of hydrogen-bond donors (Lipinski definition) is 2. The second-order valence-corrected chi connectivity index (χ2v) is 5.35. The second kappa shape index (κ2) is 5.45. The third-order valence-electron chi connectivity index (χ3n) is 2.84. The third-order valence-corrected chi connectivity index (χ3v) is 3.34. The normalized spacial score (nSPS) is 10.3. The van der Waals surface area contributed by atoms with Gasteiger partial charge < -0.3 is 10.4 Å². The van der Waals surface area contributed by atoms with Gasteiger partial charge >= 0.3 is 0 Å². The summed E-state index contributed by atoms with van der Waals surface area (Å²) in [5.41, 5.74) is 2.89. The lowest BCUT2D eigenvalue weighted by molar-refractivity contribution is 0.102. The summed E-state index contributed by atoms with van der Waals surface area (Å²) in [6.45, 7) is 3.79. The maximum absolute atomic E-state index is 12.2. The molecule has 2 N–H and O–H groups in total. The number of carbonyl (C=O) groups is 1. The van der Waals surface area contributed by atoms with Crippen LogP contribution in [0.1, 0.15) is 21.5 Å². The van der Waals surface area contributed by atoms with E-state index in [2.05, 4.69) is 21.2 Å². The van der Waals surface area contributed by atoms with Gasteiger partial charge in [0.2, 0.25) is 0 Å². The fourth-order valence-electron chi connectivity index (χ4n) is 1.75. The van der Waals surface area contributed by atoms with Crippen molar-refractivity contribution in [2.75, 3.05) is 5.32 Å². The van der Waals surface area contributed by atoms with Crippen LogP contribution < -0.4 is 5.32 Å². The lowest BCUT2D eigenvalue weighted by Crippen LogP contribution is -2.13. The molecule has 1 amide bonds. The molecule has 2 aromatic carbocycles. The van der Waals surface area contributed by atoms with Crippen molar-refractivity contribution in [3.8, 4) is 5.75 Å². The van der Waals surface area contributed by atoms with Crippen LogP contribution in [0.2, 0.25) is 0 Å². The highest BCUT2D eigenvalue weighted by Crippen LogP contribution is 2.23. The number of aromatic hydroxyl groups is 1. The number of amides is 1. The Morgan fingerprint density at radius 2 is 1.89 bits per heavy atom. The van der Waals surface area contributed by atoms with Gasteiger partial charge in [-0.15, -0.1) is 0 Å². The van der Waals surface area contributed by atoms with Crippen molar-refractivity contribution in [3.05, 3.63) is 57.6 Å². The van der Waals surface area contributed by atoms with E-state index in [1.807, 2.05) is 32.0 Å². The maximum atomic E-state index is 12.2. The van der Waals surface area contributed by atoms with Crippen LogP contribution in [0.5, 0.6) is 5.75 Å². The molecule has 0 aliphatic carbocycles. The molecule has 0 radical (unpaired) electrons. The average Bonchev–Trinajstić information content (AvgIpc) is 2.36. The Bertz CT molecular complexity index is 638. The summed E-state index contributed by atoms with van der Waals surface area (Å²) in [7, 11) is 0. The number of halogens is 1. The van der Waals surface area contributed by atoms with Crippen LogP contribution in [-0.4, -0.2) is 11.0 Å². The van der Waals surface area contributed by atoms with Gasteiger partial charge in [0.15, 0.2) is 0 Å². The summed E-state index contributed by atoms with van der Waals surface area (Å²) in [6, 6.07) is 10.6. The smallest absolute Gasteiger partial charge is 0.259 e. The van der Waals surface area contributed by atoms with Crippen molar-refractivity contribution in [1.29, 1.82) is 0 Å². The topological polar surface area (TPSA) is 49.3 Å². The molecule has 0 bridgehead atoms. The zero-order valence-corrected chi connectivity index (χ0v) is 12.3. The molecule has 98 valence electrons. The molecule has 0 aromatic heterocycles. The number of hydrogen-bond acceptors (Lipinski definition) is 2. The Balaban J connectivity index is 2.30. The van der Waals surface area contributed by atoms with Crippen LogP contribution in [0.4, 0.5) is 5.69 Å². The molecule has 2 aromatic rings. The molecule has 0 aliphatic heterocycles. The number of aryl methyl sites for hydroxylation is 2. The van der Waals surface area contributed by atoms with E-state index in [1.165, 1.54) is 6.07 Å². The number of nitrogens with one attached hydrogen (secondary N) is 1. The van der Waals surface area contributed by atoms with E-state index in [1.54, 1.807) is 12.1 Å². The van der Waals surface area contributed by atoms with Crippen molar-refractivity contribution in [1.82, 2.24) is 0 Å². The first-order chi connectivity index (χ1) is 8.97. The molecule has 3 nitrogen and oxygen atoms in total. The quantitative estimate of drug-likeness (QED) is 0.878. The van der Waals surface area contributed by atoms with Gasteiger partial charge in [-0.1, -0.05) is 33.6 Å². The minimum atomic E-state index is -0.317. The van der Waals surface area contributed by atoms with E-state index in [0.717, 1.165) is 21.3 Å². The van der Waals surface area contributed by atoms with Crippen LogP contribution in [-0.2, 0) is 0 Å². The van der Waals surface area contributed by atoms with Gasteiger partial charge in [-0.05, 0) is 43.7 Å². The minimum Gasteiger partial charge on any atom is -0.507 e. The lowest BCUT2D eigenvalue weighted by Gasteiger charge is -2.10. The van der Waals surface area contributed by atoms with Gasteiger partial charge in [0.05, 0.1) is 5.56 Å². The summed E-state index contributed by atoms with van der Waals surface area (Å²) < 4.78 is 0.891. The van der Waals surface area contributed by atoms with E-state index in [0.29, 0.717) is 0 Å². The van der Waals surface area contributed by atoms with Gasteiger partial charge in [0, 0.05) is 10.2 Å². The number of benzene rings is 2. The highest BCUT2D eigenvalue weighted by molar-refractivity contribution is 9.10. The fourth-order valence-corrected chi connectivity index (χ4v) is 2.11.